The van der Waals surface area contributed by atoms with Crippen molar-refractivity contribution in [3.8, 4) is 0 Å². The van der Waals surface area contributed by atoms with Crippen LogP contribution in [0.1, 0.15) is 25.5 Å². The van der Waals surface area contributed by atoms with Gasteiger partial charge in [0, 0.05) is 11.6 Å². The Morgan fingerprint density at radius 3 is 2.29 bits per heavy atom. The molecule has 1 aromatic carbocycles. The first-order chi connectivity index (χ1) is 9.92. The minimum absolute atomic E-state index is 0.222. The minimum Gasteiger partial charge on any atom is -0.454 e. The summed E-state index contributed by atoms with van der Waals surface area (Å²) >= 11 is 0. The summed E-state index contributed by atoms with van der Waals surface area (Å²) in [6.45, 7) is 9.52. The van der Waals surface area contributed by atoms with Crippen molar-refractivity contribution < 1.29 is 24.2 Å². The van der Waals surface area contributed by atoms with Crippen molar-refractivity contribution in [1.29, 1.82) is 0 Å². The van der Waals surface area contributed by atoms with Crippen LogP contribution in [-0.4, -0.2) is 23.8 Å². The molecule has 5 nitrogen and oxygen atoms in total. The largest absolute Gasteiger partial charge is 0.454 e. The zero-order valence-corrected chi connectivity index (χ0v) is 12.2. The van der Waals surface area contributed by atoms with Crippen LogP contribution in [0, 0.1) is 0 Å². The monoisotopic (exact) mass is 292 g/mol. The fraction of sp³-hybridized carbons (Fsp3) is 0.250. The van der Waals surface area contributed by atoms with E-state index in [1.54, 1.807) is 6.92 Å². The first-order valence-electron chi connectivity index (χ1n) is 6.23. The quantitative estimate of drug-likeness (QED) is 0.513. The maximum Gasteiger partial charge on any atom is 0.333 e. The highest BCUT2D eigenvalue weighted by Crippen LogP contribution is 2.16. The van der Waals surface area contributed by atoms with Crippen LogP contribution >= 0.6 is 0 Å². The lowest BCUT2D eigenvalue weighted by Crippen LogP contribution is -2.08. The van der Waals surface area contributed by atoms with E-state index in [0.717, 1.165) is 11.6 Å². The summed E-state index contributed by atoms with van der Waals surface area (Å²) in [5, 5.41) is 7.88. The van der Waals surface area contributed by atoms with Crippen LogP contribution < -0.4 is 0 Å². The van der Waals surface area contributed by atoms with E-state index in [-0.39, 0.29) is 12.1 Å². The van der Waals surface area contributed by atoms with Gasteiger partial charge in [-0.1, -0.05) is 43.5 Å². The van der Waals surface area contributed by atoms with Gasteiger partial charge < -0.3 is 14.6 Å². The Bertz CT molecular complexity index is 479. The Labute approximate surface area is 124 Å². The first kappa shape index (κ1) is 18.6. The number of aliphatic hydroxyl groups excluding tert-OH is 1. The second-order valence-electron chi connectivity index (χ2n) is 4.04. The highest BCUT2D eigenvalue weighted by atomic mass is 16.6. The number of hydrogen-bond donors (Lipinski definition) is 1. The van der Waals surface area contributed by atoms with Gasteiger partial charge >= 0.3 is 11.9 Å². The lowest BCUT2D eigenvalue weighted by molar-refractivity contribution is -0.146. The summed E-state index contributed by atoms with van der Waals surface area (Å²) in [5.41, 5.74) is 1.41. The average Bonchev–Trinajstić information content (AvgIpc) is 2.48. The van der Waals surface area contributed by atoms with Gasteiger partial charge in [0.05, 0.1) is 0 Å². The van der Waals surface area contributed by atoms with Crippen molar-refractivity contribution in [2.24, 2.45) is 0 Å². The van der Waals surface area contributed by atoms with Crippen molar-refractivity contribution in [1.82, 2.24) is 0 Å². The van der Waals surface area contributed by atoms with E-state index in [1.165, 1.54) is 0 Å². The Balaban J connectivity index is 0.000000486. The number of hydrogen-bond acceptors (Lipinski definition) is 5. The molecule has 0 fully saturated rings. The third-order valence-corrected chi connectivity index (χ3v) is 2.27. The molecule has 1 unspecified atom stereocenters. The molecular weight excluding hydrogens is 272 g/mol. The Hall–Kier alpha value is -2.40. The number of carbonyl (C=O) groups is 2. The Morgan fingerprint density at radius 1 is 1.33 bits per heavy atom. The predicted octanol–water partition coefficient (Wildman–Crippen LogP) is 2.53. The summed E-state index contributed by atoms with van der Waals surface area (Å²) in [7, 11) is 0. The fourth-order valence-electron chi connectivity index (χ4n) is 1.18. The lowest BCUT2D eigenvalue weighted by atomic mass is 10.1. The lowest BCUT2D eigenvalue weighted by Gasteiger charge is -2.13. The predicted molar refractivity (Wildman–Crippen MR) is 79.1 cm³/mol. The molecule has 0 amide bonds. The number of rotatable bonds is 5. The molecule has 0 aliphatic carbocycles. The summed E-state index contributed by atoms with van der Waals surface area (Å²) in [6.07, 6.45) is 0.761. The van der Waals surface area contributed by atoms with Crippen LogP contribution in [0.2, 0.25) is 0 Å². The molecular formula is C16H20O5. The molecule has 21 heavy (non-hydrogen) atoms. The van der Waals surface area contributed by atoms with Gasteiger partial charge in [0.15, 0.2) is 6.79 Å². The molecule has 0 saturated carbocycles. The van der Waals surface area contributed by atoms with Gasteiger partial charge in [-0.05, 0) is 19.4 Å². The summed E-state index contributed by atoms with van der Waals surface area (Å²) in [5.74, 6) is -0.955. The minimum atomic E-state index is -0.609. The molecule has 0 saturated heterocycles. The second kappa shape index (κ2) is 10.4. The zero-order valence-electron chi connectivity index (χ0n) is 12.2. The summed E-state index contributed by atoms with van der Waals surface area (Å²) in [6, 6.07) is 9.62. The number of aliphatic hydroxyl groups is 1. The normalized spacial score (nSPS) is 10.4. The molecule has 0 heterocycles. The number of esters is 2. The highest BCUT2D eigenvalue weighted by molar-refractivity contribution is 5.87. The Morgan fingerprint density at radius 2 is 1.90 bits per heavy atom. The second-order valence-corrected chi connectivity index (χ2v) is 4.04. The molecule has 0 aromatic heterocycles. The van der Waals surface area contributed by atoms with Crippen LogP contribution in [-0.2, 0) is 19.1 Å². The van der Waals surface area contributed by atoms with E-state index in [2.05, 4.69) is 17.9 Å². The van der Waals surface area contributed by atoms with E-state index >= 15 is 0 Å². The van der Waals surface area contributed by atoms with Gasteiger partial charge in [-0.3, -0.25) is 0 Å². The SMILES string of the molecule is C=C(C)C(=O)OC(C)c1ccccc1.C=CC(=O)OCO. The van der Waals surface area contributed by atoms with E-state index in [9.17, 15) is 9.59 Å². The van der Waals surface area contributed by atoms with Crippen molar-refractivity contribution in [2.45, 2.75) is 20.0 Å². The molecule has 0 aliphatic heterocycles. The third kappa shape index (κ3) is 8.39. The van der Waals surface area contributed by atoms with Crippen LogP contribution in [0.5, 0.6) is 0 Å². The van der Waals surface area contributed by atoms with Crippen molar-refractivity contribution in [3.63, 3.8) is 0 Å². The maximum atomic E-state index is 11.2. The maximum absolute atomic E-state index is 11.2. The van der Waals surface area contributed by atoms with E-state index < -0.39 is 12.8 Å². The van der Waals surface area contributed by atoms with E-state index in [4.69, 9.17) is 9.84 Å². The molecule has 5 heteroatoms. The van der Waals surface area contributed by atoms with Crippen LogP contribution in [0.4, 0.5) is 0 Å². The highest BCUT2D eigenvalue weighted by Gasteiger charge is 2.10. The molecule has 0 aliphatic rings. The molecule has 1 N–H and O–H groups in total. The van der Waals surface area contributed by atoms with Gasteiger partial charge in [-0.25, -0.2) is 9.59 Å². The molecule has 0 radical (unpaired) electrons. The molecule has 114 valence electrons. The topological polar surface area (TPSA) is 72.8 Å². The van der Waals surface area contributed by atoms with Gasteiger partial charge in [-0.2, -0.15) is 0 Å². The summed E-state index contributed by atoms with van der Waals surface area (Å²) < 4.78 is 9.15. The average molecular weight is 292 g/mol. The fourth-order valence-corrected chi connectivity index (χ4v) is 1.18. The number of benzene rings is 1. The number of carbonyl (C=O) groups excluding carboxylic acids is 2. The van der Waals surface area contributed by atoms with Crippen molar-refractivity contribution >= 4 is 11.9 Å². The molecule has 1 atom stereocenters. The van der Waals surface area contributed by atoms with E-state index in [1.807, 2.05) is 37.3 Å². The van der Waals surface area contributed by atoms with Crippen molar-refractivity contribution in [3.05, 3.63) is 60.7 Å². The Kier molecular flexibility index (Phi) is 9.21. The van der Waals surface area contributed by atoms with Gasteiger partial charge in [-0.15, -0.1) is 0 Å². The van der Waals surface area contributed by atoms with Gasteiger partial charge in [0.2, 0.25) is 0 Å². The first-order valence-corrected chi connectivity index (χ1v) is 6.23. The summed E-state index contributed by atoms with van der Waals surface area (Å²) in [4.78, 5) is 21.1. The standard InChI is InChI=1S/C12H14O2.C4H6O3/c1-9(2)12(13)14-10(3)11-7-5-4-6-8-11;1-2-4(6)7-3-5/h4-8,10H,1H2,2-3H3;2,5H,1,3H2. The molecule has 0 spiro atoms. The van der Waals surface area contributed by atoms with Crippen molar-refractivity contribution in [2.75, 3.05) is 6.79 Å². The van der Waals surface area contributed by atoms with Gasteiger partial charge in [0.1, 0.15) is 6.10 Å². The van der Waals surface area contributed by atoms with Crippen LogP contribution in [0.15, 0.2) is 55.1 Å². The third-order valence-electron chi connectivity index (χ3n) is 2.27. The molecule has 1 rings (SSSR count). The number of ether oxygens (including phenoxy) is 2. The van der Waals surface area contributed by atoms with Crippen LogP contribution in [0.25, 0.3) is 0 Å². The van der Waals surface area contributed by atoms with E-state index in [0.29, 0.717) is 5.57 Å². The molecule has 0 bridgehead atoms. The molecule has 1 aromatic rings. The van der Waals surface area contributed by atoms with Crippen LogP contribution in [0.3, 0.4) is 0 Å². The zero-order chi connectivity index (χ0) is 16.3. The smallest absolute Gasteiger partial charge is 0.333 e. The van der Waals surface area contributed by atoms with Gasteiger partial charge in [0.25, 0.3) is 0 Å².